The standard InChI is InChI=1S/C25H35N3O2.ClH/c1-3-30-20-25(14-13-21-7-5-4-6-8-21)15-17-28(18-16-25)19-22-9-11-23(12-10-22)27-24(29)26-2;/h4-12H,3,13-20H2,1-2H3,(H2,26,27,29);1H. The molecule has 2 aromatic rings. The zero-order valence-corrected chi connectivity index (χ0v) is 19.5. The summed E-state index contributed by atoms with van der Waals surface area (Å²) in [5.41, 5.74) is 3.79. The number of aryl methyl sites for hydroxylation is 1. The van der Waals surface area contributed by atoms with Gasteiger partial charge in [-0.05, 0) is 74.4 Å². The van der Waals surface area contributed by atoms with Crippen LogP contribution in [-0.4, -0.2) is 44.3 Å². The number of piperidine rings is 1. The molecule has 2 amide bonds. The van der Waals surface area contributed by atoms with Crippen LogP contribution in [0.4, 0.5) is 10.5 Å². The number of ether oxygens (including phenoxy) is 1. The van der Waals surface area contributed by atoms with Crippen LogP contribution in [0.2, 0.25) is 0 Å². The van der Waals surface area contributed by atoms with Gasteiger partial charge >= 0.3 is 6.03 Å². The van der Waals surface area contributed by atoms with Gasteiger partial charge < -0.3 is 15.4 Å². The van der Waals surface area contributed by atoms with Crippen molar-refractivity contribution < 1.29 is 9.53 Å². The first-order valence-electron chi connectivity index (χ1n) is 11.0. The van der Waals surface area contributed by atoms with Gasteiger partial charge in [0.25, 0.3) is 0 Å². The molecule has 1 heterocycles. The molecule has 0 atom stereocenters. The highest BCUT2D eigenvalue weighted by atomic mass is 35.5. The lowest BCUT2D eigenvalue weighted by atomic mass is 9.74. The summed E-state index contributed by atoms with van der Waals surface area (Å²) < 4.78 is 5.91. The number of anilines is 1. The van der Waals surface area contributed by atoms with Gasteiger partial charge in [-0.15, -0.1) is 12.4 Å². The lowest BCUT2D eigenvalue weighted by Gasteiger charge is -2.42. The van der Waals surface area contributed by atoms with E-state index in [-0.39, 0.29) is 23.9 Å². The molecule has 170 valence electrons. The lowest BCUT2D eigenvalue weighted by molar-refractivity contribution is -0.00232. The van der Waals surface area contributed by atoms with Gasteiger partial charge in [-0.3, -0.25) is 4.90 Å². The number of rotatable bonds is 9. The predicted molar refractivity (Wildman–Crippen MR) is 130 cm³/mol. The summed E-state index contributed by atoms with van der Waals surface area (Å²) in [6, 6.07) is 18.7. The van der Waals surface area contributed by atoms with Crippen molar-refractivity contribution in [3.05, 3.63) is 65.7 Å². The molecule has 5 nitrogen and oxygen atoms in total. The van der Waals surface area contributed by atoms with Crippen LogP contribution >= 0.6 is 12.4 Å². The van der Waals surface area contributed by atoms with Gasteiger partial charge in [0.05, 0.1) is 6.61 Å². The third-order valence-electron chi connectivity index (χ3n) is 6.16. The summed E-state index contributed by atoms with van der Waals surface area (Å²) in [7, 11) is 1.62. The minimum atomic E-state index is -0.195. The maximum absolute atomic E-state index is 11.4. The number of nitrogens with one attached hydrogen (secondary N) is 2. The van der Waals surface area contributed by atoms with Crippen molar-refractivity contribution in [2.75, 3.05) is 38.7 Å². The highest BCUT2D eigenvalue weighted by molar-refractivity contribution is 5.88. The van der Waals surface area contributed by atoms with E-state index >= 15 is 0 Å². The number of nitrogens with zero attached hydrogens (tertiary/aromatic N) is 1. The number of carbonyl (C=O) groups excluding carboxylic acids is 1. The van der Waals surface area contributed by atoms with Crippen molar-refractivity contribution in [2.24, 2.45) is 5.41 Å². The third kappa shape index (κ3) is 7.84. The molecule has 0 radical (unpaired) electrons. The molecule has 6 heteroatoms. The molecule has 1 saturated heterocycles. The average Bonchev–Trinajstić information content (AvgIpc) is 2.80. The lowest BCUT2D eigenvalue weighted by Crippen LogP contribution is -2.42. The Morgan fingerprint density at radius 3 is 2.32 bits per heavy atom. The fraction of sp³-hybridized carbons (Fsp3) is 0.480. The molecule has 0 saturated carbocycles. The molecule has 1 aliphatic heterocycles. The van der Waals surface area contributed by atoms with Crippen molar-refractivity contribution in [2.45, 2.75) is 39.2 Å². The fourth-order valence-electron chi connectivity index (χ4n) is 4.17. The zero-order chi connectivity index (χ0) is 21.2. The smallest absolute Gasteiger partial charge is 0.318 e. The molecule has 0 spiro atoms. The van der Waals surface area contributed by atoms with Gasteiger partial charge in [-0.1, -0.05) is 42.5 Å². The van der Waals surface area contributed by atoms with Gasteiger partial charge in [0.2, 0.25) is 0 Å². The van der Waals surface area contributed by atoms with Crippen molar-refractivity contribution in [3.8, 4) is 0 Å². The number of hydrogen-bond donors (Lipinski definition) is 2. The zero-order valence-electron chi connectivity index (χ0n) is 18.7. The van der Waals surface area contributed by atoms with Gasteiger partial charge in [0, 0.05) is 25.9 Å². The van der Waals surface area contributed by atoms with Crippen molar-refractivity contribution in [1.29, 1.82) is 0 Å². The van der Waals surface area contributed by atoms with E-state index < -0.39 is 0 Å². The van der Waals surface area contributed by atoms with Crippen molar-refractivity contribution in [3.63, 3.8) is 0 Å². The monoisotopic (exact) mass is 445 g/mol. The number of amides is 2. The topological polar surface area (TPSA) is 53.6 Å². The van der Waals surface area contributed by atoms with Crippen LogP contribution in [0.15, 0.2) is 54.6 Å². The molecular formula is C25H36ClN3O2. The van der Waals surface area contributed by atoms with Crippen molar-refractivity contribution >= 4 is 24.1 Å². The highest BCUT2D eigenvalue weighted by Crippen LogP contribution is 2.37. The molecule has 31 heavy (non-hydrogen) atoms. The molecule has 1 fully saturated rings. The second-order valence-electron chi connectivity index (χ2n) is 8.30. The van der Waals surface area contributed by atoms with E-state index in [0.717, 1.165) is 45.0 Å². The summed E-state index contributed by atoms with van der Waals surface area (Å²) in [4.78, 5) is 14.0. The van der Waals surface area contributed by atoms with E-state index in [2.05, 4.69) is 64.9 Å². The maximum atomic E-state index is 11.4. The van der Waals surface area contributed by atoms with Gasteiger partial charge in [-0.25, -0.2) is 4.79 Å². The Morgan fingerprint density at radius 2 is 1.71 bits per heavy atom. The van der Waals surface area contributed by atoms with Crippen LogP contribution in [0.1, 0.15) is 37.3 Å². The minimum Gasteiger partial charge on any atom is -0.381 e. The molecule has 0 aromatic heterocycles. The molecule has 0 aliphatic carbocycles. The predicted octanol–water partition coefficient (Wildman–Crippen LogP) is 5.11. The summed E-state index contributed by atoms with van der Waals surface area (Å²) in [5, 5.41) is 5.37. The summed E-state index contributed by atoms with van der Waals surface area (Å²) in [5.74, 6) is 0. The summed E-state index contributed by atoms with van der Waals surface area (Å²) in [6.45, 7) is 6.88. The van der Waals surface area contributed by atoms with E-state index in [1.165, 1.54) is 30.4 Å². The highest BCUT2D eigenvalue weighted by Gasteiger charge is 2.34. The molecule has 3 rings (SSSR count). The number of urea groups is 1. The molecule has 0 unspecified atom stereocenters. The quantitative estimate of drug-likeness (QED) is 0.563. The van der Waals surface area contributed by atoms with E-state index in [4.69, 9.17) is 4.74 Å². The summed E-state index contributed by atoms with van der Waals surface area (Å²) in [6.07, 6.45) is 4.66. The SMILES string of the molecule is CCOCC1(CCc2ccccc2)CCN(Cc2ccc(NC(=O)NC)cc2)CC1.Cl. The van der Waals surface area contributed by atoms with Crippen molar-refractivity contribution in [1.82, 2.24) is 10.2 Å². The van der Waals surface area contributed by atoms with E-state index in [1.807, 2.05) is 12.1 Å². The number of halogens is 1. The number of hydrogen-bond acceptors (Lipinski definition) is 3. The molecule has 0 bridgehead atoms. The third-order valence-corrected chi connectivity index (χ3v) is 6.16. The molecule has 1 aliphatic rings. The Balaban J connectivity index is 0.00000341. The average molecular weight is 446 g/mol. The Bertz CT molecular complexity index is 775. The molecular weight excluding hydrogens is 410 g/mol. The Kier molecular flexibility index (Phi) is 10.3. The Hall–Kier alpha value is -2.08. The van der Waals surface area contributed by atoms with Crippen LogP contribution in [-0.2, 0) is 17.7 Å². The minimum absolute atomic E-state index is 0. The fourth-order valence-corrected chi connectivity index (χ4v) is 4.17. The second-order valence-corrected chi connectivity index (χ2v) is 8.30. The largest absolute Gasteiger partial charge is 0.381 e. The van der Waals surface area contributed by atoms with E-state index in [1.54, 1.807) is 7.05 Å². The summed E-state index contributed by atoms with van der Waals surface area (Å²) >= 11 is 0. The molecule has 2 aromatic carbocycles. The number of likely N-dealkylation sites (tertiary alicyclic amines) is 1. The van der Waals surface area contributed by atoms with Gasteiger partial charge in [0.15, 0.2) is 0 Å². The second kappa shape index (κ2) is 12.7. The van der Waals surface area contributed by atoms with E-state index in [9.17, 15) is 4.79 Å². The van der Waals surface area contributed by atoms with Gasteiger partial charge in [0.1, 0.15) is 0 Å². The van der Waals surface area contributed by atoms with Crippen LogP contribution in [0, 0.1) is 5.41 Å². The van der Waals surface area contributed by atoms with Crippen LogP contribution in [0.25, 0.3) is 0 Å². The first kappa shape index (κ1) is 25.2. The number of benzene rings is 2. The Morgan fingerprint density at radius 1 is 1.03 bits per heavy atom. The van der Waals surface area contributed by atoms with Crippen LogP contribution < -0.4 is 10.6 Å². The van der Waals surface area contributed by atoms with Crippen LogP contribution in [0.5, 0.6) is 0 Å². The normalized spacial score (nSPS) is 15.7. The maximum Gasteiger partial charge on any atom is 0.318 e. The first-order valence-corrected chi connectivity index (χ1v) is 11.0. The Labute approximate surface area is 193 Å². The first-order chi connectivity index (χ1) is 14.6. The van der Waals surface area contributed by atoms with E-state index in [0.29, 0.717) is 0 Å². The van der Waals surface area contributed by atoms with Gasteiger partial charge in [-0.2, -0.15) is 0 Å². The van der Waals surface area contributed by atoms with Crippen LogP contribution in [0.3, 0.4) is 0 Å². The number of carbonyl (C=O) groups is 1. The molecule has 2 N–H and O–H groups in total.